The van der Waals surface area contributed by atoms with Gasteiger partial charge in [0.25, 0.3) is 5.69 Å². The van der Waals surface area contributed by atoms with Gasteiger partial charge in [0.05, 0.1) is 18.0 Å². The number of nitrogens with zero attached hydrogens (tertiary/aromatic N) is 3. The standard InChI is InChI=1S/C24H22N4O4/c1-27-13-17(10-15-6-8-19(31-2)9-7-15)23-21(14-27)22(20(12-25)24(26)32-23)16-4-3-5-18(11-16)28(29)30/h3-11,22H,13-14,26H2,1-2H3/b17-10+. The van der Waals surface area contributed by atoms with Crippen LogP contribution >= 0.6 is 0 Å². The topological polar surface area (TPSA) is 115 Å². The number of nitro benzene ring substituents is 1. The molecule has 32 heavy (non-hydrogen) atoms. The van der Waals surface area contributed by atoms with Crippen molar-refractivity contribution in [2.24, 2.45) is 5.73 Å². The first-order valence-electron chi connectivity index (χ1n) is 9.99. The van der Waals surface area contributed by atoms with Crippen LogP contribution < -0.4 is 10.5 Å². The highest BCUT2D eigenvalue weighted by molar-refractivity contribution is 5.63. The molecule has 2 N–H and O–H groups in total. The fourth-order valence-corrected chi connectivity index (χ4v) is 4.14. The van der Waals surface area contributed by atoms with Crippen LogP contribution in [0.4, 0.5) is 5.69 Å². The number of allylic oxidation sites excluding steroid dienone is 1. The first-order chi connectivity index (χ1) is 15.4. The Morgan fingerprint density at radius 1 is 1.28 bits per heavy atom. The number of nitrogens with two attached hydrogens (primary N) is 1. The Morgan fingerprint density at radius 2 is 2.03 bits per heavy atom. The number of likely N-dealkylation sites (N-methyl/N-ethyl adjacent to an activating group) is 1. The summed E-state index contributed by atoms with van der Waals surface area (Å²) in [6, 6.07) is 16.1. The second-order valence-electron chi connectivity index (χ2n) is 7.75. The van der Waals surface area contributed by atoms with E-state index < -0.39 is 10.8 Å². The predicted octanol–water partition coefficient (Wildman–Crippen LogP) is 3.69. The van der Waals surface area contributed by atoms with Crippen LogP contribution in [0.2, 0.25) is 0 Å². The Kier molecular flexibility index (Phi) is 5.67. The minimum atomic E-state index is -0.523. The van der Waals surface area contributed by atoms with E-state index in [9.17, 15) is 15.4 Å². The lowest BCUT2D eigenvalue weighted by molar-refractivity contribution is -0.384. The zero-order chi connectivity index (χ0) is 22.8. The van der Waals surface area contributed by atoms with Gasteiger partial charge in [-0.25, -0.2) is 0 Å². The number of methoxy groups -OCH3 is 1. The molecule has 2 aromatic rings. The molecular weight excluding hydrogens is 408 g/mol. The minimum absolute atomic E-state index is 0.0212. The highest BCUT2D eigenvalue weighted by Gasteiger charge is 2.37. The van der Waals surface area contributed by atoms with Crippen molar-refractivity contribution in [3.05, 3.63) is 98.1 Å². The van der Waals surface area contributed by atoms with E-state index in [-0.39, 0.29) is 17.1 Å². The van der Waals surface area contributed by atoms with Crippen LogP contribution in [0.3, 0.4) is 0 Å². The smallest absolute Gasteiger partial charge is 0.269 e. The zero-order valence-corrected chi connectivity index (χ0v) is 17.7. The van der Waals surface area contributed by atoms with Crippen LogP contribution in [0.15, 0.2) is 76.9 Å². The molecule has 0 radical (unpaired) electrons. The van der Waals surface area contributed by atoms with Gasteiger partial charge in [-0.1, -0.05) is 24.3 Å². The highest BCUT2D eigenvalue weighted by atomic mass is 16.6. The number of rotatable bonds is 4. The SMILES string of the molecule is COc1ccc(/C=C2\CN(C)CC3=C2OC(N)=C(C#N)C3c2cccc([N+](=O)[O-])c2)cc1. The minimum Gasteiger partial charge on any atom is -0.497 e. The van der Waals surface area contributed by atoms with Gasteiger partial charge in [0.1, 0.15) is 23.2 Å². The fraction of sp³-hybridized carbons (Fsp3) is 0.208. The van der Waals surface area contributed by atoms with Gasteiger partial charge in [0, 0.05) is 30.8 Å². The molecule has 0 aromatic heterocycles. The van der Waals surface area contributed by atoms with Gasteiger partial charge in [-0.3, -0.25) is 15.0 Å². The number of nitriles is 1. The number of hydrogen-bond donors (Lipinski definition) is 1. The van der Waals surface area contributed by atoms with Gasteiger partial charge in [0.15, 0.2) is 0 Å². The lowest BCUT2D eigenvalue weighted by Crippen LogP contribution is -2.35. The van der Waals surface area contributed by atoms with Crippen molar-refractivity contribution < 1.29 is 14.4 Å². The van der Waals surface area contributed by atoms with Crippen molar-refractivity contribution in [2.75, 3.05) is 27.2 Å². The van der Waals surface area contributed by atoms with Gasteiger partial charge in [-0.15, -0.1) is 0 Å². The molecule has 1 unspecified atom stereocenters. The van der Waals surface area contributed by atoms with Crippen LogP contribution in [0, 0.1) is 21.4 Å². The summed E-state index contributed by atoms with van der Waals surface area (Å²) in [5.74, 6) is 0.879. The van der Waals surface area contributed by atoms with Crippen LogP contribution in [0.25, 0.3) is 6.08 Å². The normalized spacial score (nSPS) is 19.9. The molecule has 0 spiro atoms. The number of benzene rings is 2. The summed E-state index contributed by atoms with van der Waals surface area (Å²) in [6.45, 7) is 1.17. The second-order valence-corrected chi connectivity index (χ2v) is 7.75. The lowest BCUT2D eigenvalue weighted by atomic mass is 9.80. The average Bonchev–Trinajstić information content (AvgIpc) is 2.79. The van der Waals surface area contributed by atoms with Crippen molar-refractivity contribution in [1.82, 2.24) is 4.90 Å². The summed E-state index contributed by atoms with van der Waals surface area (Å²) in [6.07, 6.45) is 2.01. The summed E-state index contributed by atoms with van der Waals surface area (Å²) in [7, 11) is 3.59. The van der Waals surface area contributed by atoms with E-state index in [4.69, 9.17) is 15.2 Å². The van der Waals surface area contributed by atoms with Gasteiger partial charge in [-0.2, -0.15) is 5.26 Å². The van der Waals surface area contributed by atoms with Gasteiger partial charge >= 0.3 is 0 Å². The molecule has 4 rings (SSSR count). The largest absolute Gasteiger partial charge is 0.497 e. The third-order valence-electron chi connectivity index (χ3n) is 5.57. The Morgan fingerprint density at radius 3 is 2.69 bits per heavy atom. The molecule has 0 saturated heterocycles. The Labute approximate surface area is 185 Å². The van der Waals surface area contributed by atoms with E-state index in [1.807, 2.05) is 37.4 Å². The van der Waals surface area contributed by atoms with E-state index in [2.05, 4.69) is 11.0 Å². The maximum absolute atomic E-state index is 11.3. The van der Waals surface area contributed by atoms with E-state index in [0.29, 0.717) is 24.4 Å². The van der Waals surface area contributed by atoms with Crippen LogP contribution in [-0.2, 0) is 4.74 Å². The molecule has 8 nitrogen and oxygen atoms in total. The molecule has 0 bridgehead atoms. The maximum Gasteiger partial charge on any atom is 0.269 e. The van der Waals surface area contributed by atoms with Crippen LogP contribution in [0.5, 0.6) is 5.75 Å². The monoisotopic (exact) mass is 430 g/mol. The van der Waals surface area contributed by atoms with Crippen molar-refractivity contribution in [3.63, 3.8) is 0 Å². The molecule has 0 amide bonds. The van der Waals surface area contributed by atoms with Gasteiger partial charge in [-0.05, 0) is 42.0 Å². The first-order valence-corrected chi connectivity index (χ1v) is 9.99. The second kappa shape index (κ2) is 8.57. The molecular formula is C24H22N4O4. The molecule has 2 heterocycles. The summed E-state index contributed by atoms with van der Waals surface area (Å²) in [5, 5.41) is 21.1. The van der Waals surface area contributed by atoms with Crippen LogP contribution in [-0.4, -0.2) is 37.1 Å². The van der Waals surface area contributed by atoms with E-state index in [0.717, 1.165) is 22.5 Å². The summed E-state index contributed by atoms with van der Waals surface area (Å²) >= 11 is 0. The molecule has 0 saturated carbocycles. The van der Waals surface area contributed by atoms with Crippen molar-refractivity contribution in [2.45, 2.75) is 5.92 Å². The molecule has 0 fully saturated rings. The Hall–Kier alpha value is -4.09. The highest BCUT2D eigenvalue weighted by Crippen LogP contribution is 2.44. The number of ether oxygens (including phenoxy) is 2. The van der Waals surface area contributed by atoms with Crippen molar-refractivity contribution in [3.8, 4) is 11.8 Å². The fourth-order valence-electron chi connectivity index (χ4n) is 4.14. The van der Waals surface area contributed by atoms with E-state index in [1.54, 1.807) is 19.2 Å². The Balaban J connectivity index is 1.85. The molecule has 8 heteroatoms. The van der Waals surface area contributed by atoms with E-state index >= 15 is 0 Å². The third-order valence-corrected chi connectivity index (χ3v) is 5.57. The number of nitro groups is 1. The molecule has 2 aromatic carbocycles. The van der Waals surface area contributed by atoms with Crippen LogP contribution in [0.1, 0.15) is 17.0 Å². The molecule has 2 aliphatic rings. The van der Waals surface area contributed by atoms with Gasteiger partial charge in [0.2, 0.25) is 5.88 Å². The first kappa shape index (κ1) is 21.2. The predicted molar refractivity (Wildman–Crippen MR) is 119 cm³/mol. The van der Waals surface area contributed by atoms with Crippen molar-refractivity contribution in [1.29, 1.82) is 5.26 Å². The number of non-ortho nitro benzene ring substituents is 1. The summed E-state index contributed by atoms with van der Waals surface area (Å²) in [5.41, 5.74) is 9.74. The third kappa shape index (κ3) is 3.94. The lowest BCUT2D eigenvalue weighted by Gasteiger charge is -2.36. The van der Waals surface area contributed by atoms with Crippen molar-refractivity contribution >= 4 is 11.8 Å². The number of hydrogen-bond acceptors (Lipinski definition) is 7. The molecule has 1 atom stereocenters. The van der Waals surface area contributed by atoms with E-state index in [1.165, 1.54) is 12.1 Å². The molecule has 0 aliphatic carbocycles. The average molecular weight is 430 g/mol. The summed E-state index contributed by atoms with van der Waals surface area (Å²) in [4.78, 5) is 13.0. The Bertz CT molecular complexity index is 1210. The maximum atomic E-state index is 11.3. The quantitative estimate of drug-likeness (QED) is 0.581. The summed E-state index contributed by atoms with van der Waals surface area (Å²) < 4.78 is 11.2. The molecule has 2 aliphatic heterocycles. The van der Waals surface area contributed by atoms with Gasteiger partial charge < -0.3 is 15.2 Å². The molecule has 162 valence electrons. The zero-order valence-electron chi connectivity index (χ0n) is 17.7.